The zero-order valence-electron chi connectivity index (χ0n) is 11.8. The molecule has 0 spiro atoms. The Kier molecular flexibility index (Phi) is 5.20. The Balaban J connectivity index is 1.89. The van der Waals surface area contributed by atoms with Crippen LogP contribution >= 0.6 is 11.8 Å². The van der Waals surface area contributed by atoms with Gasteiger partial charge < -0.3 is 5.73 Å². The highest BCUT2D eigenvalue weighted by molar-refractivity contribution is 7.99. The van der Waals surface area contributed by atoms with E-state index >= 15 is 0 Å². The Morgan fingerprint density at radius 3 is 2.85 bits per heavy atom. The molecule has 5 heteroatoms. The number of aromatic nitrogens is 2. The molecule has 0 bridgehead atoms. The van der Waals surface area contributed by atoms with Gasteiger partial charge >= 0.3 is 0 Å². The average molecular weight is 293 g/mol. The van der Waals surface area contributed by atoms with Crippen molar-refractivity contribution in [1.82, 2.24) is 9.78 Å². The Labute approximate surface area is 123 Å². The van der Waals surface area contributed by atoms with Crippen LogP contribution in [0.2, 0.25) is 0 Å². The highest BCUT2D eigenvalue weighted by Gasteiger charge is 2.10. The summed E-state index contributed by atoms with van der Waals surface area (Å²) < 4.78 is 15.0. The standard InChI is InChI=1S/C15H20FN3S/c1-3-13-9-14(19(2)18-13)8-12(17)10-20-15-6-4-5-11(16)7-15/h4-7,9,12H,3,8,10,17H2,1-2H3. The summed E-state index contributed by atoms with van der Waals surface area (Å²) >= 11 is 1.59. The maximum atomic E-state index is 13.1. The number of nitrogens with two attached hydrogens (primary N) is 1. The molecule has 1 unspecified atom stereocenters. The lowest BCUT2D eigenvalue weighted by atomic mass is 10.2. The fourth-order valence-corrected chi connectivity index (χ4v) is 2.92. The summed E-state index contributed by atoms with van der Waals surface area (Å²) in [4.78, 5) is 0.916. The van der Waals surface area contributed by atoms with Gasteiger partial charge in [-0.2, -0.15) is 5.10 Å². The molecule has 0 fully saturated rings. The first-order valence-corrected chi connectivity index (χ1v) is 7.72. The first-order valence-electron chi connectivity index (χ1n) is 6.74. The van der Waals surface area contributed by atoms with Crippen LogP contribution in [0.4, 0.5) is 4.39 Å². The summed E-state index contributed by atoms with van der Waals surface area (Å²) in [6.45, 7) is 2.09. The lowest BCUT2D eigenvalue weighted by Gasteiger charge is -2.11. The van der Waals surface area contributed by atoms with Crippen LogP contribution in [0.5, 0.6) is 0 Å². The lowest BCUT2D eigenvalue weighted by molar-refractivity contribution is 0.624. The zero-order chi connectivity index (χ0) is 14.5. The third-order valence-electron chi connectivity index (χ3n) is 3.12. The molecule has 0 aliphatic rings. The second-order valence-corrected chi connectivity index (χ2v) is 5.93. The molecule has 0 aliphatic heterocycles. The molecular formula is C15H20FN3S. The minimum atomic E-state index is -0.206. The van der Waals surface area contributed by atoms with Crippen molar-refractivity contribution in [2.24, 2.45) is 12.8 Å². The van der Waals surface area contributed by atoms with Crippen molar-refractivity contribution in [3.05, 3.63) is 47.5 Å². The van der Waals surface area contributed by atoms with Gasteiger partial charge in [0.05, 0.1) is 5.69 Å². The van der Waals surface area contributed by atoms with E-state index in [9.17, 15) is 4.39 Å². The number of rotatable bonds is 6. The molecule has 2 rings (SSSR count). The summed E-state index contributed by atoms with van der Waals surface area (Å²) in [5.41, 5.74) is 8.39. The molecule has 1 aromatic heterocycles. The van der Waals surface area contributed by atoms with Gasteiger partial charge in [-0.15, -0.1) is 11.8 Å². The number of benzene rings is 1. The van der Waals surface area contributed by atoms with Crippen LogP contribution in [-0.2, 0) is 19.9 Å². The normalized spacial score (nSPS) is 12.6. The van der Waals surface area contributed by atoms with E-state index in [4.69, 9.17) is 5.73 Å². The van der Waals surface area contributed by atoms with E-state index in [0.717, 1.165) is 34.9 Å². The van der Waals surface area contributed by atoms with Crippen molar-refractivity contribution in [2.45, 2.75) is 30.7 Å². The van der Waals surface area contributed by atoms with E-state index in [1.54, 1.807) is 17.8 Å². The molecule has 2 N–H and O–H groups in total. The SMILES string of the molecule is CCc1cc(CC(N)CSc2cccc(F)c2)n(C)n1. The van der Waals surface area contributed by atoms with E-state index in [2.05, 4.69) is 18.1 Å². The van der Waals surface area contributed by atoms with E-state index in [-0.39, 0.29) is 11.9 Å². The van der Waals surface area contributed by atoms with Gasteiger partial charge in [0.15, 0.2) is 0 Å². The van der Waals surface area contributed by atoms with Crippen molar-refractivity contribution in [3.8, 4) is 0 Å². The fraction of sp³-hybridized carbons (Fsp3) is 0.400. The van der Waals surface area contributed by atoms with Crippen LogP contribution < -0.4 is 5.73 Å². The van der Waals surface area contributed by atoms with Gasteiger partial charge in [-0.1, -0.05) is 13.0 Å². The number of thioether (sulfide) groups is 1. The van der Waals surface area contributed by atoms with Crippen molar-refractivity contribution in [2.75, 3.05) is 5.75 Å². The molecule has 108 valence electrons. The van der Waals surface area contributed by atoms with Gasteiger partial charge in [0.2, 0.25) is 0 Å². The Morgan fingerprint density at radius 1 is 1.40 bits per heavy atom. The number of nitrogens with zero attached hydrogens (tertiary/aromatic N) is 2. The van der Waals surface area contributed by atoms with E-state index in [0.29, 0.717) is 0 Å². The largest absolute Gasteiger partial charge is 0.327 e. The van der Waals surface area contributed by atoms with E-state index in [1.165, 1.54) is 12.1 Å². The Bertz CT molecular complexity index is 568. The number of hydrogen-bond acceptors (Lipinski definition) is 3. The van der Waals surface area contributed by atoms with Gasteiger partial charge in [-0.05, 0) is 30.7 Å². The van der Waals surface area contributed by atoms with Gasteiger partial charge in [0, 0.05) is 35.9 Å². The van der Waals surface area contributed by atoms with Crippen LogP contribution in [0.3, 0.4) is 0 Å². The second kappa shape index (κ2) is 6.90. The molecule has 0 radical (unpaired) electrons. The maximum absolute atomic E-state index is 13.1. The predicted molar refractivity (Wildman–Crippen MR) is 81.4 cm³/mol. The van der Waals surface area contributed by atoms with Gasteiger partial charge in [-0.3, -0.25) is 4.68 Å². The van der Waals surface area contributed by atoms with Gasteiger partial charge in [0.1, 0.15) is 5.82 Å². The smallest absolute Gasteiger partial charge is 0.124 e. The molecule has 3 nitrogen and oxygen atoms in total. The summed E-state index contributed by atoms with van der Waals surface area (Å²) in [5.74, 6) is 0.554. The highest BCUT2D eigenvalue weighted by atomic mass is 32.2. The molecule has 0 saturated carbocycles. The highest BCUT2D eigenvalue weighted by Crippen LogP contribution is 2.20. The van der Waals surface area contributed by atoms with E-state index < -0.39 is 0 Å². The van der Waals surface area contributed by atoms with Crippen LogP contribution in [-0.4, -0.2) is 21.6 Å². The fourth-order valence-electron chi connectivity index (χ4n) is 2.02. The molecule has 0 aliphatic carbocycles. The first-order chi connectivity index (χ1) is 9.58. The van der Waals surface area contributed by atoms with Crippen LogP contribution in [0.15, 0.2) is 35.2 Å². The number of hydrogen-bond donors (Lipinski definition) is 1. The predicted octanol–water partition coefficient (Wildman–Crippen LogP) is 2.78. The summed E-state index contributed by atoms with van der Waals surface area (Å²) in [6, 6.07) is 8.75. The van der Waals surface area contributed by atoms with Crippen LogP contribution in [0.25, 0.3) is 0 Å². The van der Waals surface area contributed by atoms with E-state index in [1.807, 2.05) is 17.8 Å². The summed E-state index contributed by atoms with van der Waals surface area (Å²) in [7, 11) is 1.95. The van der Waals surface area contributed by atoms with Crippen LogP contribution in [0, 0.1) is 5.82 Å². The third-order valence-corrected chi connectivity index (χ3v) is 4.30. The lowest BCUT2D eigenvalue weighted by Crippen LogP contribution is -2.26. The monoisotopic (exact) mass is 293 g/mol. The molecular weight excluding hydrogens is 273 g/mol. The van der Waals surface area contributed by atoms with Crippen molar-refractivity contribution in [3.63, 3.8) is 0 Å². The molecule has 2 aromatic rings. The summed E-state index contributed by atoms with van der Waals surface area (Å²) in [6.07, 6.45) is 1.72. The third kappa shape index (κ3) is 4.08. The molecule has 1 heterocycles. The maximum Gasteiger partial charge on any atom is 0.124 e. The van der Waals surface area contributed by atoms with Crippen molar-refractivity contribution in [1.29, 1.82) is 0 Å². The number of halogens is 1. The quantitative estimate of drug-likeness (QED) is 0.833. The minimum absolute atomic E-state index is 0.0309. The molecule has 1 atom stereocenters. The molecule has 1 aromatic carbocycles. The Morgan fingerprint density at radius 2 is 2.20 bits per heavy atom. The average Bonchev–Trinajstić information content (AvgIpc) is 2.77. The zero-order valence-corrected chi connectivity index (χ0v) is 12.7. The van der Waals surface area contributed by atoms with Crippen molar-refractivity contribution >= 4 is 11.8 Å². The minimum Gasteiger partial charge on any atom is -0.327 e. The Hall–Kier alpha value is -1.33. The molecule has 20 heavy (non-hydrogen) atoms. The van der Waals surface area contributed by atoms with Crippen LogP contribution in [0.1, 0.15) is 18.3 Å². The van der Waals surface area contributed by atoms with Crippen molar-refractivity contribution < 1.29 is 4.39 Å². The molecule has 0 amide bonds. The van der Waals surface area contributed by atoms with Gasteiger partial charge in [0.25, 0.3) is 0 Å². The van der Waals surface area contributed by atoms with Gasteiger partial charge in [-0.25, -0.2) is 4.39 Å². The first kappa shape index (κ1) is 15.1. The second-order valence-electron chi connectivity index (χ2n) is 4.84. The topological polar surface area (TPSA) is 43.8 Å². The molecule has 0 saturated heterocycles. The summed E-state index contributed by atoms with van der Waals surface area (Å²) in [5, 5.41) is 4.42. The number of aryl methyl sites for hydroxylation is 2.